The molecule has 0 radical (unpaired) electrons. The molecule has 2 aliphatic rings. The van der Waals surface area contributed by atoms with Gasteiger partial charge in [0.2, 0.25) is 0 Å². The Labute approximate surface area is 169 Å². The minimum atomic E-state index is -0.458. The average Bonchev–Trinajstić information content (AvgIpc) is 2.71. The molecule has 1 N–H and O–H groups in total. The maximum atomic E-state index is 13.4. The van der Waals surface area contributed by atoms with Gasteiger partial charge in [0.25, 0.3) is 0 Å². The highest BCUT2D eigenvalue weighted by atomic mass is 16.5. The van der Waals surface area contributed by atoms with Crippen LogP contribution in [0.15, 0.2) is 30.3 Å². The van der Waals surface area contributed by atoms with Crippen LogP contribution in [0.4, 0.5) is 0 Å². The molecule has 4 rings (SSSR count). The van der Waals surface area contributed by atoms with E-state index in [2.05, 4.69) is 0 Å². The van der Waals surface area contributed by atoms with Crippen molar-refractivity contribution in [2.45, 2.75) is 31.8 Å². The number of Topliss-reactive ketones (excluding diaryl/α,β-unsaturated/α-hetero) is 1. The molecule has 0 amide bonds. The molecule has 29 heavy (non-hydrogen) atoms. The van der Waals surface area contributed by atoms with Crippen molar-refractivity contribution in [2.75, 3.05) is 20.8 Å². The van der Waals surface area contributed by atoms with Crippen LogP contribution in [0.25, 0.3) is 6.08 Å². The maximum absolute atomic E-state index is 13.4. The van der Waals surface area contributed by atoms with Crippen molar-refractivity contribution in [3.05, 3.63) is 47.0 Å². The van der Waals surface area contributed by atoms with Crippen molar-refractivity contribution in [3.63, 3.8) is 0 Å². The number of rotatable bonds is 4. The summed E-state index contributed by atoms with van der Waals surface area (Å²) in [5.41, 5.74) is 1.06. The van der Waals surface area contributed by atoms with Crippen molar-refractivity contribution >= 4 is 11.9 Å². The zero-order valence-electron chi connectivity index (χ0n) is 16.9. The summed E-state index contributed by atoms with van der Waals surface area (Å²) in [5, 5.41) is 10.8. The molecule has 1 unspecified atom stereocenters. The Hall–Kier alpha value is -3.15. The molecule has 0 saturated heterocycles. The Kier molecular flexibility index (Phi) is 4.65. The molecule has 2 aliphatic heterocycles. The van der Waals surface area contributed by atoms with Gasteiger partial charge >= 0.3 is 0 Å². The van der Waals surface area contributed by atoms with Crippen LogP contribution >= 0.6 is 0 Å². The van der Waals surface area contributed by atoms with E-state index in [0.29, 0.717) is 41.6 Å². The van der Waals surface area contributed by atoms with Gasteiger partial charge in [0.05, 0.1) is 37.9 Å². The first-order valence-corrected chi connectivity index (χ1v) is 9.52. The van der Waals surface area contributed by atoms with Crippen molar-refractivity contribution in [1.29, 1.82) is 0 Å². The molecule has 2 aromatic rings. The number of fused-ring (bicyclic) bond motifs is 2. The molecule has 0 spiro atoms. The summed E-state index contributed by atoms with van der Waals surface area (Å²) in [7, 11) is 3.10. The lowest BCUT2D eigenvalue weighted by atomic mass is 9.85. The van der Waals surface area contributed by atoms with Crippen LogP contribution in [0, 0.1) is 0 Å². The van der Waals surface area contributed by atoms with Crippen molar-refractivity contribution < 1.29 is 28.8 Å². The van der Waals surface area contributed by atoms with Gasteiger partial charge in [-0.2, -0.15) is 0 Å². The predicted octanol–water partition coefficient (Wildman–Crippen LogP) is 4.34. The lowest BCUT2D eigenvalue weighted by molar-refractivity contribution is 0.0929. The average molecular weight is 396 g/mol. The molecule has 0 aromatic heterocycles. The smallest absolute Gasteiger partial charge is 0.174 e. The number of ketones is 1. The molecule has 2 heterocycles. The van der Waals surface area contributed by atoms with E-state index in [-0.39, 0.29) is 17.1 Å². The summed E-state index contributed by atoms with van der Waals surface area (Å²) in [6.45, 7) is 4.27. The zero-order chi connectivity index (χ0) is 20.8. The fourth-order valence-corrected chi connectivity index (χ4v) is 3.82. The second kappa shape index (κ2) is 7.03. The van der Waals surface area contributed by atoms with Crippen LogP contribution in [-0.2, 0) is 0 Å². The van der Waals surface area contributed by atoms with E-state index >= 15 is 0 Å². The Balaban J connectivity index is 1.74. The van der Waals surface area contributed by atoms with E-state index in [9.17, 15) is 9.90 Å². The standard InChI is InChI=1S/C23H24O6/c1-23(2)9-7-14-17(29-23)6-5-15(22(14)25)21(24)13-8-10-28-18-12-20(27-4)19(26-3)11-16(13)18/h5-7,9,11-13,25H,8,10H2,1-4H3. The van der Waals surface area contributed by atoms with E-state index in [1.165, 1.54) is 0 Å². The number of carbonyl (C=O) groups is 1. The Morgan fingerprint density at radius 2 is 1.86 bits per heavy atom. The fourth-order valence-electron chi connectivity index (χ4n) is 3.82. The first kappa shape index (κ1) is 19.2. The van der Waals surface area contributed by atoms with Crippen LogP contribution < -0.4 is 18.9 Å². The Morgan fingerprint density at radius 3 is 2.59 bits per heavy atom. The summed E-state index contributed by atoms with van der Waals surface area (Å²) in [6.07, 6.45) is 4.18. The van der Waals surface area contributed by atoms with Gasteiger partial charge in [-0.3, -0.25) is 4.79 Å². The minimum Gasteiger partial charge on any atom is -0.506 e. The Bertz CT molecular complexity index is 1000. The van der Waals surface area contributed by atoms with Crippen LogP contribution in [0.2, 0.25) is 0 Å². The minimum absolute atomic E-state index is 0.0623. The van der Waals surface area contributed by atoms with Gasteiger partial charge in [0.1, 0.15) is 22.8 Å². The number of phenolic OH excluding ortho intramolecular Hbond substituents is 1. The molecule has 152 valence electrons. The summed E-state index contributed by atoms with van der Waals surface area (Å²) in [5.74, 6) is 1.55. The first-order valence-electron chi connectivity index (χ1n) is 9.52. The maximum Gasteiger partial charge on any atom is 0.174 e. The number of hydrogen-bond acceptors (Lipinski definition) is 6. The number of methoxy groups -OCH3 is 2. The monoisotopic (exact) mass is 396 g/mol. The highest BCUT2D eigenvalue weighted by molar-refractivity contribution is 6.05. The number of benzene rings is 2. The Morgan fingerprint density at radius 1 is 1.14 bits per heavy atom. The highest BCUT2D eigenvalue weighted by Gasteiger charge is 2.33. The second-order valence-corrected chi connectivity index (χ2v) is 7.71. The molecule has 0 fully saturated rings. The van der Waals surface area contributed by atoms with Gasteiger partial charge < -0.3 is 24.1 Å². The third-order valence-electron chi connectivity index (χ3n) is 5.34. The van der Waals surface area contributed by atoms with Gasteiger partial charge in [-0.25, -0.2) is 0 Å². The molecule has 0 aliphatic carbocycles. The lowest BCUT2D eigenvalue weighted by Crippen LogP contribution is -2.27. The number of carbonyl (C=O) groups excluding carboxylic acids is 1. The van der Waals surface area contributed by atoms with Crippen LogP contribution in [0.1, 0.15) is 47.7 Å². The van der Waals surface area contributed by atoms with Crippen LogP contribution in [0.3, 0.4) is 0 Å². The summed E-state index contributed by atoms with van der Waals surface area (Å²) in [4.78, 5) is 13.4. The van der Waals surface area contributed by atoms with E-state index in [1.54, 1.807) is 44.6 Å². The van der Waals surface area contributed by atoms with E-state index in [4.69, 9.17) is 18.9 Å². The van der Waals surface area contributed by atoms with E-state index < -0.39 is 11.5 Å². The number of phenols is 1. The molecule has 2 aromatic carbocycles. The number of aromatic hydroxyl groups is 1. The van der Waals surface area contributed by atoms with Gasteiger partial charge in [-0.05, 0) is 50.6 Å². The molecule has 6 heteroatoms. The molecule has 0 saturated carbocycles. The topological polar surface area (TPSA) is 74.2 Å². The predicted molar refractivity (Wildman–Crippen MR) is 109 cm³/mol. The van der Waals surface area contributed by atoms with E-state index in [1.807, 2.05) is 19.9 Å². The van der Waals surface area contributed by atoms with Crippen molar-refractivity contribution in [3.8, 4) is 28.7 Å². The number of hydrogen-bond donors (Lipinski definition) is 1. The highest BCUT2D eigenvalue weighted by Crippen LogP contribution is 2.45. The van der Waals surface area contributed by atoms with E-state index in [0.717, 1.165) is 5.56 Å². The van der Waals surface area contributed by atoms with Gasteiger partial charge in [-0.1, -0.05) is 0 Å². The normalized spacial score (nSPS) is 18.7. The zero-order valence-corrected chi connectivity index (χ0v) is 16.9. The van der Waals surface area contributed by atoms with Gasteiger partial charge in [0, 0.05) is 11.6 Å². The van der Waals surface area contributed by atoms with Crippen molar-refractivity contribution in [1.82, 2.24) is 0 Å². The molecular weight excluding hydrogens is 372 g/mol. The molecule has 6 nitrogen and oxygen atoms in total. The first-order chi connectivity index (χ1) is 13.8. The summed E-state index contributed by atoms with van der Waals surface area (Å²) >= 11 is 0. The largest absolute Gasteiger partial charge is 0.506 e. The van der Waals surface area contributed by atoms with Crippen molar-refractivity contribution in [2.24, 2.45) is 0 Å². The fraction of sp³-hybridized carbons (Fsp3) is 0.348. The lowest BCUT2D eigenvalue weighted by Gasteiger charge is -2.29. The molecule has 0 bridgehead atoms. The number of ether oxygens (including phenoxy) is 4. The molecule has 1 atom stereocenters. The molecular formula is C23H24O6. The van der Waals surface area contributed by atoms with Gasteiger partial charge in [-0.15, -0.1) is 0 Å². The quantitative estimate of drug-likeness (QED) is 0.775. The SMILES string of the molecule is COc1cc2c(cc1OC)C(C(=O)c1ccc3c(c1O)C=CC(C)(C)O3)CCO2. The van der Waals surface area contributed by atoms with Crippen LogP contribution in [-0.4, -0.2) is 37.3 Å². The summed E-state index contributed by atoms with van der Waals surface area (Å²) < 4.78 is 22.3. The van der Waals surface area contributed by atoms with Gasteiger partial charge in [0.15, 0.2) is 17.3 Å². The third-order valence-corrected chi connectivity index (χ3v) is 5.34. The second-order valence-electron chi connectivity index (χ2n) is 7.71. The van der Waals surface area contributed by atoms with Crippen LogP contribution in [0.5, 0.6) is 28.7 Å². The summed E-state index contributed by atoms with van der Waals surface area (Å²) in [6, 6.07) is 6.87. The third kappa shape index (κ3) is 3.28.